The molecule has 1 aromatic carbocycles. The number of halogens is 2. The Kier molecular flexibility index (Phi) is 4.90. The smallest absolute Gasteiger partial charge is 0.186 e. The lowest BCUT2D eigenvalue weighted by molar-refractivity contribution is -0.112. The van der Waals surface area contributed by atoms with Crippen LogP contribution >= 0.6 is 35.8 Å². The number of carbonyl (C=O) groups excluding carboxylic acids is 1. The van der Waals surface area contributed by atoms with Gasteiger partial charge in [0.15, 0.2) is 5.12 Å². The molecule has 0 radical (unpaired) electrons. The molecular formula is C20H25Cl2NOS. The van der Waals surface area contributed by atoms with Crippen molar-refractivity contribution in [3.8, 4) is 0 Å². The Morgan fingerprint density at radius 1 is 1.12 bits per heavy atom. The molecule has 136 valence electrons. The Bertz CT molecular complexity index is 657. The van der Waals surface area contributed by atoms with Crippen LogP contribution in [0.5, 0.6) is 0 Å². The molecule has 5 rings (SSSR count). The summed E-state index contributed by atoms with van der Waals surface area (Å²) in [4.78, 5) is 11.9. The number of benzene rings is 1. The molecule has 4 aliphatic carbocycles. The maximum atomic E-state index is 11.9. The third kappa shape index (κ3) is 3.38. The molecule has 2 N–H and O–H groups in total. The van der Waals surface area contributed by atoms with Crippen LogP contribution in [0.15, 0.2) is 18.2 Å². The fourth-order valence-electron chi connectivity index (χ4n) is 6.40. The van der Waals surface area contributed by atoms with Gasteiger partial charge in [-0.3, -0.25) is 4.79 Å². The zero-order valence-corrected chi connectivity index (χ0v) is 16.7. The number of hydrogen-bond donors (Lipinski definition) is 2. The fourth-order valence-corrected chi connectivity index (χ4v) is 6.90. The van der Waals surface area contributed by atoms with E-state index in [4.69, 9.17) is 28.9 Å². The van der Waals surface area contributed by atoms with E-state index in [-0.39, 0.29) is 22.5 Å². The third-order valence-electron chi connectivity index (χ3n) is 6.99. The van der Waals surface area contributed by atoms with Crippen LogP contribution in [0.2, 0.25) is 10.0 Å². The van der Waals surface area contributed by atoms with E-state index in [1.807, 2.05) is 18.2 Å². The zero-order valence-electron chi connectivity index (χ0n) is 14.3. The summed E-state index contributed by atoms with van der Waals surface area (Å²) < 4.78 is 0. The van der Waals surface area contributed by atoms with Gasteiger partial charge in [0.25, 0.3) is 0 Å². The van der Waals surface area contributed by atoms with Gasteiger partial charge in [-0.25, -0.2) is 0 Å². The monoisotopic (exact) mass is 397 g/mol. The molecule has 0 spiro atoms. The lowest BCUT2D eigenvalue weighted by Crippen LogP contribution is -2.56. The standard InChI is InChI=1S/C20H25Cl2NOS/c21-16-2-1-14(6-17(16)22)15(7-18(24)25)19(23)20-8-11-3-12(9-20)5-13(4-11)10-20/h1-2,6,11-13,15,19H,3-5,7-10,23H2,(H,24,25). The summed E-state index contributed by atoms with van der Waals surface area (Å²) in [6.07, 6.45) is 8.17. The van der Waals surface area contributed by atoms with Gasteiger partial charge in [-0.15, -0.1) is 12.6 Å². The second-order valence-electron chi connectivity index (χ2n) is 8.68. The molecule has 4 saturated carbocycles. The van der Waals surface area contributed by atoms with Crippen molar-refractivity contribution in [2.75, 3.05) is 0 Å². The van der Waals surface area contributed by atoms with Crippen LogP contribution in [-0.4, -0.2) is 11.2 Å². The van der Waals surface area contributed by atoms with Gasteiger partial charge in [0.1, 0.15) is 0 Å². The Morgan fingerprint density at radius 3 is 2.16 bits per heavy atom. The first-order valence-electron chi connectivity index (χ1n) is 9.28. The number of nitrogens with two attached hydrogens (primary N) is 1. The lowest BCUT2D eigenvalue weighted by Gasteiger charge is -2.60. The van der Waals surface area contributed by atoms with Crippen molar-refractivity contribution in [2.24, 2.45) is 28.9 Å². The summed E-state index contributed by atoms with van der Waals surface area (Å²) >= 11 is 16.4. The average Bonchev–Trinajstić information content (AvgIpc) is 2.53. The highest BCUT2D eigenvalue weighted by molar-refractivity contribution is 7.96. The SMILES string of the molecule is NC(C(CC(=O)S)c1ccc(Cl)c(Cl)c1)C12CC3CC(CC(C3)C1)C2. The Labute approximate surface area is 165 Å². The van der Waals surface area contributed by atoms with Crippen molar-refractivity contribution in [1.29, 1.82) is 0 Å². The van der Waals surface area contributed by atoms with E-state index >= 15 is 0 Å². The molecule has 4 fully saturated rings. The Balaban J connectivity index is 1.67. The molecule has 0 saturated heterocycles. The highest BCUT2D eigenvalue weighted by Gasteiger charge is 2.54. The number of thiol groups is 1. The van der Waals surface area contributed by atoms with Gasteiger partial charge in [0.05, 0.1) is 10.0 Å². The number of hydrogen-bond acceptors (Lipinski definition) is 2. The predicted molar refractivity (Wildman–Crippen MR) is 106 cm³/mol. The maximum absolute atomic E-state index is 11.9. The molecule has 25 heavy (non-hydrogen) atoms. The Hall–Kier alpha value is -0.220. The predicted octanol–water partition coefficient (Wildman–Crippen LogP) is 5.47. The van der Waals surface area contributed by atoms with Crippen LogP contribution < -0.4 is 5.73 Å². The van der Waals surface area contributed by atoms with Crippen molar-refractivity contribution >= 4 is 40.9 Å². The van der Waals surface area contributed by atoms with Crippen LogP contribution in [0, 0.1) is 23.2 Å². The lowest BCUT2D eigenvalue weighted by atomic mass is 9.46. The first-order chi connectivity index (χ1) is 11.9. The molecular weight excluding hydrogens is 373 g/mol. The maximum Gasteiger partial charge on any atom is 0.186 e. The van der Waals surface area contributed by atoms with Gasteiger partial charge in [0, 0.05) is 18.4 Å². The van der Waals surface area contributed by atoms with Crippen LogP contribution in [0.1, 0.15) is 56.4 Å². The minimum absolute atomic E-state index is 0.0331. The molecule has 2 atom stereocenters. The molecule has 0 aromatic heterocycles. The van der Waals surface area contributed by atoms with Gasteiger partial charge < -0.3 is 5.73 Å². The van der Waals surface area contributed by atoms with E-state index in [1.54, 1.807) is 0 Å². The van der Waals surface area contributed by atoms with Crippen molar-refractivity contribution in [1.82, 2.24) is 0 Å². The number of carbonyl (C=O) groups is 1. The zero-order chi connectivity index (χ0) is 17.8. The summed E-state index contributed by atoms with van der Waals surface area (Å²) in [6.45, 7) is 0. The first kappa shape index (κ1) is 18.2. The van der Waals surface area contributed by atoms with Gasteiger partial charge in [-0.1, -0.05) is 29.3 Å². The Morgan fingerprint density at radius 2 is 1.68 bits per heavy atom. The molecule has 4 aliphatic rings. The quantitative estimate of drug-likeness (QED) is 0.646. The van der Waals surface area contributed by atoms with E-state index in [0.717, 1.165) is 23.3 Å². The van der Waals surface area contributed by atoms with Gasteiger partial charge in [-0.05, 0) is 79.4 Å². The second-order valence-corrected chi connectivity index (χ2v) is 10.00. The van der Waals surface area contributed by atoms with Gasteiger partial charge in [-0.2, -0.15) is 0 Å². The molecule has 2 nitrogen and oxygen atoms in total. The van der Waals surface area contributed by atoms with Gasteiger partial charge >= 0.3 is 0 Å². The minimum Gasteiger partial charge on any atom is -0.327 e. The third-order valence-corrected chi connectivity index (χ3v) is 7.91. The summed E-state index contributed by atoms with van der Waals surface area (Å²) in [5.41, 5.74) is 8.11. The van der Waals surface area contributed by atoms with E-state index in [2.05, 4.69) is 12.6 Å². The second kappa shape index (κ2) is 6.74. The molecule has 2 unspecified atom stereocenters. The van der Waals surface area contributed by atoms with Crippen molar-refractivity contribution < 1.29 is 4.79 Å². The molecule has 5 heteroatoms. The highest BCUT2D eigenvalue weighted by Crippen LogP contribution is 2.62. The fraction of sp³-hybridized carbons (Fsp3) is 0.650. The average molecular weight is 398 g/mol. The van der Waals surface area contributed by atoms with Crippen LogP contribution in [0.3, 0.4) is 0 Å². The summed E-state index contributed by atoms with van der Waals surface area (Å²) in [7, 11) is 0. The van der Waals surface area contributed by atoms with Crippen molar-refractivity contribution in [3.05, 3.63) is 33.8 Å². The van der Waals surface area contributed by atoms with Crippen molar-refractivity contribution in [2.45, 2.75) is 56.9 Å². The van der Waals surface area contributed by atoms with Gasteiger partial charge in [0.2, 0.25) is 0 Å². The van der Waals surface area contributed by atoms with E-state index in [1.165, 1.54) is 38.5 Å². The molecule has 0 amide bonds. The van der Waals surface area contributed by atoms with Crippen molar-refractivity contribution in [3.63, 3.8) is 0 Å². The van der Waals surface area contributed by atoms with Crippen LogP contribution in [-0.2, 0) is 4.79 Å². The largest absolute Gasteiger partial charge is 0.327 e. The van der Waals surface area contributed by atoms with E-state index in [9.17, 15) is 4.79 Å². The molecule has 4 bridgehead atoms. The summed E-state index contributed by atoms with van der Waals surface area (Å²) in [5, 5.41) is 0.939. The van der Waals surface area contributed by atoms with E-state index in [0.29, 0.717) is 16.5 Å². The highest BCUT2D eigenvalue weighted by atomic mass is 35.5. The molecule has 0 heterocycles. The number of rotatable bonds is 5. The molecule has 1 aromatic rings. The first-order valence-corrected chi connectivity index (χ1v) is 10.5. The molecule has 0 aliphatic heterocycles. The van der Waals surface area contributed by atoms with E-state index < -0.39 is 0 Å². The summed E-state index contributed by atoms with van der Waals surface area (Å²) in [6, 6.07) is 5.62. The minimum atomic E-state index is -0.115. The summed E-state index contributed by atoms with van der Waals surface area (Å²) in [5.74, 6) is 2.45. The van der Waals surface area contributed by atoms with Crippen LogP contribution in [0.4, 0.5) is 0 Å². The normalized spacial score (nSPS) is 35.6. The topological polar surface area (TPSA) is 43.1 Å². The van der Waals surface area contributed by atoms with Crippen LogP contribution in [0.25, 0.3) is 0 Å².